The minimum absolute atomic E-state index is 0.00230. The number of amides is 1. The highest BCUT2D eigenvalue weighted by molar-refractivity contribution is 5.99. The molecule has 0 saturated heterocycles. The maximum absolute atomic E-state index is 13.0. The smallest absolute Gasteiger partial charge is 0.286 e. The van der Waals surface area contributed by atoms with Crippen molar-refractivity contribution in [2.24, 2.45) is 11.3 Å². The minimum atomic E-state index is -0.560. The van der Waals surface area contributed by atoms with Gasteiger partial charge in [-0.1, -0.05) is 33.6 Å². The average molecular weight is 378 g/mol. The zero-order chi connectivity index (χ0) is 20.2. The van der Waals surface area contributed by atoms with Gasteiger partial charge in [0.2, 0.25) is 0 Å². The van der Waals surface area contributed by atoms with Crippen molar-refractivity contribution in [1.82, 2.24) is 5.32 Å². The van der Waals surface area contributed by atoms with Crippen molar-refractivity contribution in [3.8, 4) is 11.5 Å². The zero-order valence-electron chi connectivity index (χ0n) is 16.8. The van der Waals surface area contributed by atoms with Crippen molar-refractivity contribution in [2.45, 2.75) is 59.4 Å². The molecule has 150 valence electrons. The zero-order valence-corrected chi connectivity index (χ0v) is 16.8. The number of hydrogen-bond acceptors (Lipinski definition) is 5. The second-order valence-corrected chi connectivity index (χ2v) is 8.05. The van der Waals surface area contributed by atoms with Crippen LogP contribution in [0, 0.1) is 21.4 Å². The van der Waals surface area contributed by atoms with Crippen LogP contribution in [0.2, 0.25) is 0 Å². The predicted molar refractivity (Wildman–Crippen MR) is 103 cm³/mol. The number of nitrogens with zero attached hydrogens (tertiary/aromatic N) is 1. The number of nitrogens with one attached hydrogen (secondary N) is 1. The summed E-state index contributed by atoms with van der Waals surface area (Å²) >= 11 is 0. The maximum Gasteiger partial charge on any atom is 0.286 e. The van der Waals surface area contributed by atoms with Crippen LogP contribution in [-0.4, -0.2) is 30.6 Å². The molecule has 1 aromatic carbocycles. The average Bonchev–Trinajstić information content (AvgIpc) is 2.61. The van der Waals surface area contributed by atoms with Crippen LogP contribution < -0.4 is 14.8 Å². The maximum atomic E-state index is 13.0. The first-order chi connectivity index (χ1) is 12.7. The number of nitro benzene ring substituents is 1. The molecule has 2 unspecified atom stereocenters. The van der Waals surface area contributed by atoms with Gasteiger partial charge in [0.25, 0.3) is 11.6 Å². The second kappa shape index (κ2) is 8.59. The van der Waals surface area contributed by atoms with Gasteiger partial charge in [-0.3, -0.25) is 14.9 Å². The summed E-state index contributed by atoms with van der Waals surface area (Å²) in [6.07, 6.45) is 4.12. The predicted octanol–water partition coefficient (Wildman–Crippen LogP) is 4.34. The van der Waals surface area contributed by atoms with Gasteiger partial charge in [-0.05, 0) is 31.1 Å². The van der Waals surface area contributed by atoms with E-state index < -0.39 is 10.8 Å². The topological polar surface area (TPSA) is 90.7 Å². The number of nitro groups is 1. The summed E-state index contributed by atoms with van der Waals surface area (Å²) in [5.74, 6) is 0.461. The van der Waals surface area contributed by atoms with Crippen LogP contribution in [0.3, 0.4) is 0 Å². The van der Waals surface area contributed by atoms with E-state index in [2.05, 4.69) is 26.1 Å². The highest BCUT2D eigenvalue weighted by Crippen LogP contribution is 2.39. The number of benzene rings is 1. The van der Waals surface area contributed by atoms with Gasteiger partial charge in [-0.25, -0.2) is 0 Å². The van der Waals surface area contributed by atoms with Crippen molar-refractivity contribution in [2.75, 3.05) is 13.7 Å². The fourth-order valence-electron chi connectivity index (χ4n) is 3.90. The molecule has 2 atom stereocenters. The monoisotopic (exact) mass is 378 g/mol. The van der Waals surface area contributed by atoms with Crippen molar-refractivity contribution >= 4 is 11.6 Å². The lowest BCUT2D eigenvalue weighted by atomic mass is 9.69. The van der Waals surface area contributed by atoms with E-state index in [1.54, 1.807) is 6.92 Å². The molecule has 7 heteroatoms. The highest BCUT2D eigenvalue weighted by Gasteiger charge is 2.36. The summed E-state index contributed by atoms with van der Waals surface area (Å²) in [5, 5.41) is 14.6. The lowest BCUT2D eigenvalue weighted by Crippen LogP contribution is -2.46. The van der Waals surface area contributed by atoms with E-state index in [-0.39, 0.29) is 28.5 Å². The third-order valence-corrected chi connectivity index (χ3v) is 5.22. The molecule has 1 aromatic rings. The number of carbonyl (C=O) groups is 1. The fraction of sp³-hybridized carbons (Fsp3) is 0.650. The van der Waals surface area contributed by atoms with Crippen LogP contribution in [0.5, 0.6) is 11.5 Å². The summed E-state index contributed by atoms with van der Waals surface area (Å²) in [4.78, 5) is 23.9. The number of ether oxygens (including phenoxy) is 2. The van der Waals surface area contributed by atoms with Crippen LogP contribution in [-0.2, 0) is 0 Å². The van der Waals surface area contributed by atoms with Crippen molar-refractivity contribution < 1.29 is 19.2 Å². The number of hydrogen-bond donors (Lipinski definition) is 1. The third-order valence-electron chi connectivity index (χ3n) is 5.22. The fourth-order valence-corrected chi connectivity index (χ4v) is 3.90. The van der Waals surface area contributed by atoms with E-state index in [1.165, 1.54) is 19.2 Å². The van der Waals surface area contributed by atoms with Crippen LogP contribution in [0.25, 0.3) is 0 Å². The SMILES string of the molecule is CCOc1cc(C(=O)NC2CCCCC2C(C)(C)C)c([N+](=O)[O-])cc1OC. The Kier molecular flexibility index (Phi) is 6.68. The first-order valence-electron chi connectivity index (χ1n) is 9.49. The van der Waals surface area contributed by atoms with Gasteiger partial charge in [0.1, 0.15) is 5.56 Å². The molecule has 1 N–H and O–H groups in total. The lowest BCUT2D eigenvalue weighted by Gasteiger charge is -2.40. The lowest BCUT2D eigenvalue weighted by molar-refractivity contribution is -0.385. The molecular weight excluding hydrogens is 348 g/mol. The molecule has 1 amide bonds. The third kappa shape index (κ3) is 4.90. The molecule has 1 fully saturated rings. The molecule has 1 saturated carbocycles. The van der Waals surface area contributed by atoms with E-state index in [0.717, 1.165) is 25.7 Å². The first-order valence-corrected chi connectivity index (χ1v) is 9.49. The molecule has 0 spiro atoms. The largest absolute Gasteiger partial charge is 0.493 e. The van der Waals surface area contributed by atoms with Gasteiger partial charge in [0.05, 0.1) is 24.7 Å². The van der Waals surface area contributed by atoms with Gasteiger partial charge in [-0.2, -0.15) is 0 Å². The van der Waals surface area contributed by atoms with E-state index in [9.17, 15) is 14.9 Å². The second-order valence-electron chi connectivity index (χ2n) is 8.05. The quantitative estimate of drug-likeness (QED) is 0.587. The Balaban J connectivity index is 2.36. The van der Waals surface area contributed by atoms with Gasteiger partial charge < -0.3 is 14.8 Å². The molecule has 27 heavy (non-hydrogen) atoms. The normalized spacial score (nSPS) is 20.0. The van der Waals surface area contributed by atoms with Gasteiger partial charge in [0.15, 0.2) is 11.5 Å². The van der Waals surface area contributed by atoms with Crippen LogP contribution in [0.15, 0.2) is 12.1 Å². The molecule has 0 radical (unpaired) electrons. The minimum Gasteiger partial charge on any atom is -0.493 e. The Morgan fingerprint density at radius 1 is 1.26 bits per heavy atom. The Hall–Kier alpha value is -2.31. The summed E-state index contributed by atoms with van der Waals surface area (Å²) in [7, 11) is 1.41. The molecule has 2 rings (SSSR count). The van der Waals surface area contributed by atoms with Crippen LogP contribution in [0.4, 0.5) is 5.69 Å². The Labute approximate surface area is 160 Å². The molecule has 0 aliphatic heterocycles. The molecule has 0 aromatic heterocycles. The van der Waals surface area contributed by atoms with E-state index in [4.69, 9.17) is 9.47 Å². The molecule has 1 aliphatic carbocycles. The van der Waals surface area contributed by atoms with Crippen LogP contribution in [0.1, 0.15) is 63.7 Å². The first kappa shape index (κ1) is 21.0. The standard InChI is InChI=1S/C20H30N2O5/c1-6-27-18-11-13(16(22(24)25)12-17(18)26-5)19(23)21-15-10-8-7-9-14(15)20(2,3)4/h11-12,14-15H,6-10H2,1-5H3,(H,21,23). The summed E-state index contributed by atoms with van der Waals surface area (Å²) in [5.41, 5.74) is -0.223. The van der Waals surface area contributed by atoms with Gasteiger partial charge >= 0.3 is 0 Å². The Bertz CT molecular complexity index is 696. The molecular formula is C20H30N2O5. The molecule has 0 heterocycles. The summed E-state index contributed by atoms with van der Waals surface area (Å²) in [6.45, 7) is 8.68. The van der Waals surface area contributed by atoms with Crippen LogP contribution >= 0.6 is 0 Å². The molecule has 0 bridgehead atoms. The number of rotatable bonds is 6. The van der Waals surface area contributed by atoms with Gasteiger partial charge in [0, 0.05) is 12.1 Å². The van der Waals surface area contributed by atoms with Crippen molar-refractivity contribution in [1.29, 1.82) is 0 Å². The van der Waals surface area contributed by atoms with Crippen molar-refractivity contribution in [3.05, 3.63) is 27.8 Å². The summed E-state index contributed by atoms with van der Waals surface area (Å²) < 4.78 is 10.7. The number of carbonyl (C=O) groups excluding carboxylic acids is 1. The molecule has 7 nitrogen and oxygen atoms in total. The Morgan fingerprint density at radius 3 is 2.48 bits per heavy atom. The van der Waals surface area contributed by atoms with E-state index >= 15 is 0 Å². The van der Waals surface area contributed by atoms with E-state index in [0.29, 0.717) is 18.3 Å². The number of methoxy groups -OCH3 is 1. The highest BCUT2D eigenvalue weighted by atomic mass is 16.6. The van der Waals surface area contributed by atoms with Crippen molar-refractivity contribution in [3.63, 3.8) is 0 Å². The Morgan fingerprint density at radius 2 is 1.93 bits per heavy atom. The summed E-state index contributed by atoms with van der Waals surface area (Å²) in [6, 6.07) is 2.66. The molecule has 1 aliphatic rings. The van der Waals surface area contributed by atoms with Gasteiger partial charge in [-0.15, -0.1) is 0 Å². The van der Waals surface area contributed by atoms with E-state index in [1.807, 2.05) is 0 Å².